The molecule has 1 nitrogen and oxygen atoms in total. The number of hydrogen-bond acceptors (Lipinski definition) is 2. The zero-order valence-electron chi connectivity index (χ0n) is 11.7. The molecule has 0 bridgehead atoms. The van der Waals surface area contributed by atoms with Gasteiger partial charge in [-0.15, -0.1) is 11.3 Å². The lowest BCUT2D eigenvalue weighted by molar-refractivity contribution is 0.535. The van der Waals surface area contributed by atoms with Crippen molar-refractivity contribution in [3.63, 3.8) is 0 Å². The summed E-state index contributed by atoms with van der Waals surface area (Å²) in [6.45, 7) is 5.42. The van der Waals surface area contributed by atoms with Crippen LogP contribution in [0, 0.1) is 6.92 Å². The number of thiophene rings is 1. The van der Waals surface area contributed by atoms with Crippen molar-refractivity contribution in [3.8, 4) is 0 Å². The van der Waals surface area contributed by atoms with Gasteiger partial charge in [0.05, 0.1) is 0 Å². The molecule has 0 radical (unpaired) electrons. The summed E-state index contributed by atoms with van der Waals surface area (Å²) in [5.41, 5.74) is 1.36. The molecular formula is C16H19Br2NS. The molecular weight excluding hydrogens is 398 g/mol. The fourth-order valence-corrected chi connectivity index (χ4v) is 4.44. The summed E-state index contributed by atoms with van der Waals surface area (Å²) in [6.07, 6.45) is 2.17. The van der Waals surface area contributed by atoms with Gasteiger partial charge in [-0.05, 0) is 66.0 Å². The number of aryl methyl sites for hydroxylation is 1. The van der Waals surface area contributed by atoms with E-state index in [0.29, 0.717) is 6.04 Å². The SMILES string of the molecule is CCCNC(Cc1ccc(Br)cc1)c1sc(C)cc1Br. The van der Waals surface area contributed by atoms with E-state index in [-0.39, 0.29) is 0 Å². The molecule has 1 unspecified atom stereocenters. The van der Waals surface area contributed by atoms with Crippen LogP contribution in [0.5, 0.6) is 0 Å². The number of hydrogen-bond donors (Lipinski definition) is 1. The highest BCUT2D eigenvalue weighted by Gasteiger charge is 2.17. The first kappa shape index (κ1) is 16.2. The minimum atomic E-state index is 0.379. The molecule has 108 valence electrons. The van der Waals surface area contributed by atoms with Crippen molar-refractivity contribution in [2.75, 3.05) is 6.54 Å². The third kappa shape index (κ3) is 4.42. The van der Waals surface area contributed by atoms with Gasteiger partial charge in [-0.3, -0.25) is 0 Å². The van der Waals surface area contributed by atoms with Crippen LogP contribution >= 0.6 is 43.2 Å². The van der Waals surface area contributed by atoms with Gasteiger partial charge in [-0.1, -0.05) is 35.0 Å². The molecule has 0 aliphatic carbocycles. The van der Waals surface area contributed by atoms with Gasteiger partial charge in [0.2, 0.25) is 0 Å². The Hall–Kier alpha value is -0.160. The van der Waals surface area contributed by atoms with Gasteiger partial charge in [0.15, 0.2) is 0 Å². The van der Waals surface area contributed by atoms with Crippen LogP contribution in [0.2, 0.25) is 0 Å². The Morgan fingerprint density at radius 2 is 1.90 bits per heavy atom. The summed E-state index contributed by atoms with van der Waals surface area (Å²) in [6, 6.07) is 11.2. The lowest BCUT2D eigenvalue weighted by atomic mass is 10.0. The average molecular weight is 417 g/mol. The lowest BCUT2D eigenvalue weighted by Gasteiger charge is -2.18. The van der Waals surface area contributed by atoms with Crippen LogP contribution in [0.25, 0.3) is 0 Å². The zero-order chi connectivity index (χ0) is 14.5. The fourth-order valence-electron chi connectivity index (χ4n) is 2.17. The van der Waals surface area contributed by atoms with E-state index in [1.54, 1.807) is 0 Å². The van der Waals surface area contributed by atoms with Crippen LogP contribution < -0.4 is 5.32 Å². The van der Waals surface area contributed by atoms with E-state index >= 15 is 0 Å². The molecule has 0 saturated carbocycles. The van der Waals surface area contributed by atoms with Crippen LogP contribution in [-0.2, 0) is 6.42 Å². The summed E-state index contributed by atoms with van der Waals surface area (Å²) >= 11 is 9.07. The molecule has 20 heavy (non-hydrogen) atoms. The Balaban J connectivity index is 2.19. The fraction of sp³-hybridized carbons (Fsp3) is 0.375. The zero-order valence-corrected chi connectivity index (χ0v) is 15.7. The summed E-state index contributed by atoms with van der Waals surface area (Å²) in [4.78, 5) is 2.75. The first-order valence-corrected chi connectivity index (χ1v) is 9.24. The van der Waals surface area contributed by atoms with Crippen molar-refractivity contribution in [2.45, 2.75) is 32.7 Å². The van der Waals surface area contributed by atoms with Crippen molar-refractivity contribution < 1.29 is 0 Å². The monoisotopic (exact) mass is 415 g/mol. The van der Waals surface area contributed by atoms with Gasteiger partial charge in [-0.25, -0.2) is 0 Å². The second kappa shape index (κ2) is 7.74. The van der Waals surface area contributed by atoms with E-state index in [2.05, 4.69) is 81.4 Å². The lowest BCUT2D eigenvalue weighted by Crippen LogP contribution is -2.23. The Bertz CT molecular complexity index is 548. The van der Waals surface area contributed by atoms with E-state index in [0.717, 1.165) is 23.9 Å². The van der Waals surface area contributed by atoms with Gasteiger partial charge in [0.25, 0.3) is 0 Å². The van der Waals surface area contributed by atoms with E-state index < -0.39 is 0 Å². The third-order valence-electron chi connectivity index (χ3n) is 3.15. The molecule has 1 aromatic heterocycles. The molecule has 1 atom stereocenters. The van der Waals surface area contributed by atoms with Crippen molar-refractivity contribution in [3.05, 3.63) is 54.6 Å². The van der Waals surface area contributed by atoms with Gasteiger partial charge in [-0.2, -0.15) is 0 Å². The van der Waals surface area contributed by atoms with Crippen molar-refractivity contribution in [2.24, 2.45) is 0 Å². The Labute approximate surface area is 142 Å². The molecule has 2 aromatic rings. The molecule has 1 N–H and O–H groups in total. The maximum absolute atomic E-state index is 3.70. The van der Waals surface area contributed by atoms with Gasteiger partial charge >= 0.3 is 0 Å². The van der Waals surface area contributed by atoms with Crippen molar-refractivity contribution in [1.82, 2.24) is 5.32 Å². The number of benzene rings is 1. The number of rotatable bonds is 6. The molecule has 4 heteroatoms. The predicted octanol–water partition coefficient (Wildman–Crippen LogP) is 5.86. The molecule has 0 aliphatic rings. The average Bonchev–Trinajstić information content (AvgIpc) is 2.76. The van der Waals surface area contributed by atoms with Crippen molar-refractivity contribution in [1.29, 1.82) is 0 Å². The van der Waals surface area contributed by atoms with E-state index in [1.165, 1.54) is 19.8 Å². The molecule has 0 amide bonds. The van der Waals surface area contributed by atoms with E-state index in [9.17, 15) is 0 Å². The summed E-state index contributed by atoms with van der Waals surface area (Å²) < 4.78 is 2.36. The van der Waals surface area contributed by atoms with Gasteiger partial charge in [0, 0.05) is 24.7 Å². The highest BCUT2D eigenvalue weighted by atomic mass is 79.9. The molecule has 0 aliphatic heterocycles. The Kier molecular flexibility index (Phi) is 6.27. The molecule has 0 fully saturated rings. The second-order valence-corrected chi connectivity index (χ2v) is 7.96. The second-order valence-electron chi connectivity index (χ2n) is 4.91. The van der Waals surface area contributed by atoms with Crippen LogP contribution in [0.1, 0.15) is 34.7 Å². The predicted molar refractivity (Wildman–Crippen MR) is 95.6 cm³/mol. The van der Waals surface area contributed by atoms with Crippen molar-refractivity contribution >= 4 is 43.2 Å². The summed E-state index contributed by atoms with van der Waals surface area (Å²) in [5, 5.41) is 3.67. The van der Waals surface area contributed by atoms with E-state index in [4.69, 9.17) is 0 Å². The van der Waals surface area contributed by atoms with Gasteiger partial charge in [0.1, 0.15) is 0 Å². The summed E-state index contributed by atoms with van der Waals surface area (Å²) in [5.74, 6) is 0. The molecule has 2 rings (SSSR count). The van der Waals surface area contributed by atoms with Crippen LogP contribution in [-0.4, -0.2) is 6.54 Å². The molecule has 0 spiro atoms. The quantitative estimate of drug-likeness (QED) is 0.621. The third-order valence-corrected chi connectivity index (χ3v) is 5.76. The molecule has 1 aromatic carbocycles. The first-order chi connectivity index (χ1) is 9.60. The standard InChI is InChI=1S/C16H19Br2NS/c1-3-8-19-15(16-14(18)9-11(2)20-16)10-12-4-6-13(17)7-5-12/h4-7,9,15,19H,3,8,10H2,1-2H3. The smallest absolute Gasteiger partial charge is 0.0467 e. The Morgan fingerprint density at radius 1 is 1.20 bits per heavy atom. The topological polar surface area (TPSA) is 12.0 Å². The van der Waals surface area contributed by atoms with Gasteiger partial charge < -0.3 is 5.32 Å². The van der Waals surface area contributed by atoms with E-state index in [1.807, 2.05) is 11.3 Å². The largest absolute Gasteiger partial charge is 0.309 e. The van der Waals surface area contributed by atoms with Crippen LogP contribution in [0.3, 0.4) is 0 Å². The van der Waals surface area contributed by atoms with Crippen LogP contribution in [0.4, 0.5) is 0 Å². The number of halogens is 2. The highest BCUT2D eigenvalue weighted by molar-refractivity contribution is 9.10. The maximum Gasteiger partial charge on any atom is 0.0467 e. The Morgan fingerprint density at radius 3 is 2.45 bits per heavy atom. The molecule has 0 saturated heterocycles. The summed E-state index contributed by atoms with van der Waals surface area (Å²) in [7, 11) is 0. The normalized spacial score (nSPS) is 12.6. The highest BCUT2D eigenvalue weighted by Crippen LogP contribution is 2.34. The molecule has 1 heterocycles. The first-order valence-electron chi connectivity index (χ1n) is 6.83. The minimum Gasteiger partial charge on any atom is -0.309 e. The van der Waals surface area contributed by atoms with Crippen LogP contribution in [0.15, 0.2) is 39.3 Å². The minimum absolute atomic E-state index is 0.379. The maximum atomic E-state index is 3.70. The number of nitrogens with one attached hydrogen (secondary N) is 1.